The van der Waals surface area contributed by atoms with Crippen molar-refractivity contribution in [2.75, 3.05) is 33.4 Å². The smallest absolute Gasteiger partial charge is 0.239 e. The van der Waals surface area contributed by atoms with Crippen LogP contribution in [0.15, 0.2) is 0 Å². The largest absolute Gasteiger partial charge is 0.384 e. The van der Waals surface area contributed by atoms with Crippen molar-refractivity contribution in [2.24, 2.45) is 5.92 Å². The summed E-state index contributed by atoms with van der Waals surface area (Å²) in [5.74, 6) is 0.836. The normalized spacial score (nSPS) is 30.7. The zero-order chi connectivity index (χ0) is 11.4. The van der Waals surface area contributed by atoms with E-state index in [2.05, 4.69) is 5.32 Å². The zero-order valence-corrected chi connectivity index (χ0v) is 10.1. The molecule has 0 aromatic rings. The fraction of sp³-hybridized carbons (Fsp3) is 0.917. The van der Waals surface area contributed by atoms with Crippen molar-refractivity contribution in [3.05, 3.63) is 0 Å². The van der Waals surface area contributed by atoms with E-state index in [1.807, 2.05) is 4.90 Å². The number of likely N-dealkylation sites (tertiary alicyclic amines) is 1. The molecule has 2 fully saturated rings. The van der Waals surface area contributed by atoms with Crippen molar-refractivity contribution in [3.8, 4) is 0 Å². The van der Waals surface area contributed by atoms with Crippen molar-refractivity contribution in [3.63, 3.8) is 0 Å². The molecule has 2 aliphatic rings. The minimum absolute atomic E-state index is 0.0845. The van der Waals surface area contributed by atoms with Gasteiger partial charge in [-0.3, -0.25) is 4.79 Å². The Hall–Kier alpha value is -0.610. The molecule has 1 amide bonds. The first-order valence-corrected chi connectivity index (χ1v) is 6.32. The second kappa shape index (κ2) is 5.64. The molecular formula is C12H22N2O2. The van der Waals surface area contributed by atoms with Crippen LogP contribution < -0.4 is 5.32 Å². The summed E-state index contributed by atoms with van der Waals surface area (Å²) in [5, 5.41) is 3.28. The molecule has 0 saturated carbocycles. The highest BCUT2D eigenvalue weighted by Crippen LogP contribution is 2.19. The van der Waals surface area contributed by atoms with Gasteiger partial charge < -0.3 is 15.0 Å². The molecule has 4 heteroatoms. The summed E-state index contributed by atoms with van der Waals surface area (Å²) >= 11 is 0. The zero-order valence-electron chi connectivity index (χ0n) is 10.1. The third-order valence-corrected chi connectivity index (χ3v) is 3.59. The molecule has 2 aliphatic heterocycles. The van der Waals surface area contributed by atoms with E-state index < -0.39 is 0 Å². The summed E-state index contributed by atoms with van der Waals surface area (Å²) in [5.41, 5.74) is 0. The maximum Gasteiger partial charge on any atom is 0.239 e. The van der Waals surface area contributed by atoms with E-state index in [1.54, 1.807) is 7.11 Å². The van der Waals surface area contributed by atoms with Crippen molar-refractivity contribution < 1.29 is 9.53 Å². The summed E-state index contributed by atoms with van der Waals surface area (Å²) < 4.78 is 5.18. The fourth-order valence-electron chi connectivity index (χ4n) is 2.75. The van der Waals surface area contributed by atoms with Gasteiger partial charge in [-0.1, -0.05) is 0 Å². The number of amides is 1. The van der Waals surface area contributed by atoms with Gasteiger partial charge >= 0.3 is 0 Å². The van der Waals surface area contributed by atoms with Gasteiger partial charge in [0.2, 0.25) is 5.91 Å². The van der Waals surface area contributed by atoms with Crippen LogP contribution in [0.2, 0.25) is 0 Å². The van der Waals surface area contributed by atoms with Gasteiger partial charge in [0.05, 0.1) is 12.6 Å². The van der Waals surface area contributed by atoms with Crippen LogP contribution in [0.25, 0.3) is 0 Å². The minimum Gasteiger partial charge on any atom is -0.384 e. The molecule has 16 heavy (non-hydrogen) atoms. The second-order valence-corrected chi connectivity index (χ2v) is 4.90. The first-order valence-electron chi connectivity index (χ1n) is 6.32. The first-order chi connectivity index (χ1) is 7.81. The van der Waals surface area contributed by atoms with Crippen LogP contribution in [0, 0.1) is 5.92 Å². The Bertz CT molecular complexity index is 237. The van der Waals surface area contributed by atoms with Gasteiger partial charge in [-0.15, -0.1) is 0 Å². The number of nitrogens with zero attached hydrogens (tertiary/aromatic N) is 1. The average molecular weight is 226 g/mol. The molecule has 2 saturated heterocycles. The number of nitrogens with one attached hydrogen (secondary N) is 1. The highest BCUT2D eigenvalue weighted by molar-refractivity contribution is 5.82. The number of ether oxygens (including phenoxy) is 1. The van der Waals surface area contributed by atoms with E-state index in [9.17, 15) is 4.79 Å². The lowest BCUT2D eigenvalue weighted by molar-refractivity contribution is -0.135. The maximum atomic E-state index is 12.2. The van der Waals surface area contributed by atoms with Gasteiger partial charge in [0.1, 0.15) is 0 Å². The van der Waals surface area contributed by atoms with Crippen LogP contribution in [0.1, 0.15) is 25.7 Å². The molecule has 0 aliphatic carbocycles. The SMILES string of the molecule is COC[C@H]1CCCN(C(=O)[C@H]2CCCN2)C1. The number of hydrogen-bond acceptors (Lipinski definition) is 3. The van der Waals surface area contributed by atoms with Crippen molar-refractivity contribution >= 4 is 5.91 Å². The number of carbonyl (C=O) groups is 1. The third kappa shape index (κ3) is 2.74. The molecule has 1 N–H and O–H groups in total. The summed E-state index contributed by atoms with van der Waals surface area (Å²) in [6.45, 7) is 3.58. The van der Waals surface area contributed by atoms with Gasteiger partial charge in [0, 0.05) is 20.2 Å². The highest BCUT2D eigenvalue weighted by Gasteiger charge is 2.30. The molecule has 0 bridgehead atoms. The number of piperidine rings is 1. The van der Waals surface area contributed by atoms with E-state index >= 15 is 0 Å². The standard InChI is InChI=1S/C12H22N2O2/c1-16-9-10-4-3-7-14(8-10)12(15)11-5-2-6-13-11/h10-11,13H,2-9H2,1H3/t10-,11+/m0/s1. The Labute approximate surface area is 97.3 Å². The quantitative estimate of drug-likeness (QED) is 0.767. The van der Waals surface area contributed by atoms with Crippen LogP contribution in [-0.2, 0) is 9.53 Å². The third-order valence-electron chi connectivity index (χ3n) is 3.59. The van der Waals surface area contributed by atoms with Gasteiger partial charge in [0.15, 0.2) is 0 Å². The minimum atomic E-state index is 0.0845. The van der Waals surface area contributed by atoms with Crippen LogP contribution in [-0.4, -0.2) is 50.2 Å². The maximum absolute atomic E-state index is 12.2. The van der Waals surface area contributed by atoms with E-state index in [-0.39, 0.29) is 6.04 Å². The number of methoxy groups -OCH3 is 1. The van der Waals surface area contributed by atoms with Gasteiger partial charge in [-0.05, 0) is 38.1 Å². The average Bonchev–Trinajstić information content (AvgIpc) is 2.82. The number of hydrogen-bond donors (Lipinski definition) is 1. The molecule has 0 spiro atoms. The first kappa shape index (κ1) is 11.9. The van der Waals surface area contributed by atoms with Crippen molar-refractivity contribution in [2.45, 2.75) is 31.7 Å². The summed E-state index contributed by atoms with van der Waals surface area (Å²) in [6, 6.07) is 0.0845. The van der Waals surface area contributed by atoms with E-state index in [4.69, 9.17) is 4.74 Å². The molecule has 0 aromatic carbocycles. The van der Waals surface area contributed by atoms with E-state index in [0.29, 0.717) is 11.8 Å². The predicted molar refractivity (Wildman–Crippen MR) is 62.2 cm³/mol. The predicted octanol–water partition coefficient (Wildman–Crippen LogP) is 0.623. The summed E-state index contributed by atoms with van der Waals surface area (Å²) in [4.78, 5) is 14.2. The van der Waals surface area contributed by atoms with Gasteiger partial charge in [-0.25, -0.2) is 0 Å². The van der Waals surface area contributed by atoms with Crippen LogP contribution in [0.5, 0.6) is 0 Å². The second-order valence-electron chi connectivity index (χ2n) is 4.90. The summed E-state index contributed by atoms with van der Waals surface area (Å²) in [6.07, 6.45) is 4.44. The van der Waals surface area contributed by atoms with Gasteiger partial charge in [-0.2, -0.15) is 0 Å². The molecule has 0 aromatic heterocycles. The van der Waals surface area contributed by atoms with Crippen molar-refractivity contribution in [1.82, 2.24) is 10.2 Å². The Morgan fingerprint density at radius 3 is 3.00 bits per heavy atom. The summed E-state index contributed by atoms with van der Waals surface area (Å²) in [7, 11) is 1.74. The fourth-order valence-corrected chi connectivity index (χ4v) is 2.75. The molecule has 0 radical (unpaired) electrons. The van der Waals surface area contributed by atoms with Gasteiger partial charge in [0.25, 0.3) is 0 Å². The van der Waals surface area contributed by atoms with Crippen LogP contribution >= 0.6 is 0 Å². The lowest BCUT2D eigenvalue weighted by Crippen LogP contribution is -2.48. The number of carbonyl (C=O) groups excluding carboxylic acids is 1. The Balaban J connectivity index is 1.85. The van der Waals surface area contributed by atoms with Crippen LogP contribution in [0.3, 0.4) is 0 Å². The molecular weight excluding hydrogens is 204 g/mol. The molecule has 2 heterocycles. The van der Waals surface area contributed by atoms with Crippen LogP contribution in [0.4, 0.5) is 0 Å². The van der Waals surface area contributed by atoms with E-state index in [0.717, 1.165) is 45.5 Å². The molecule has 2 atom stereocenters. The highest BCUT2D eigenvalue weighted by atomic mass is 16.5. The van der Waals surface area contributed by atoms with Crippen molar-refractivity contribution in [1.29, 1.82) is 0 Å². The Morgan fingerprint density at radius 2 is 2.31 bits per heavy atom. The molecule has 0 unspecified atom stereocenters. The lowest BCUT2D eigenvalue weighted by atomic mass is 9.98. The molecule has 92 valence electrons. The molecule has 2 rings (SSSR count). The topological polar surface area (TPSA) is 41.6 Å². The monoisotopic (exact) mass is 226 g/mol. The Morgan fingerprint density at radius 1 is 1.44 bits per heavy atom. The lowest BCUT2D eigenvalue weighted by Gasteiger charge is -2.34. The van der Waals surface area contributed by atoms with E-state index in [1.165, 1.54) is 6.42 Å². The molecule has 4 nitrogen and oxygen atoms in total. The number of rotatable bonds is 3. The Kier molecular flexibility index (Phi) is 4.18.